The molecule has 0 unspecified atom stereocenters. The van der Waals surface area contributed by atoms with Gasteiger partial charge in [-0.1, -0.05) is 11.6 Å². The first-order valence-electron chi connectivity index (χ1n) is 6.21. The molecule has 0 spiro atoms. The maximum Gasteiger partial charge on any atom is 0.337 e. The highest BCUT2D eigenvalue weighted by Crippen LogP contribution is 2.21. The zero-order valence-electron chi connectivity index (χ0n) is 11.5. The first-order valence-corrected chi connectivity index (χ1v) is 8.24. The summed E-state index contributed by atoms with van der Waals surface area (Å²) in [5.41, 5.74) is -0.133. The van der Waals surface area contributed by atoms with Gasteiger partial charge in [-0.15, -0.1) is 0 Å². The van der Waals surface area contributed by atoms with Crippen LogP contribution in [-0.2, 0) is 19.3 Å². The third-order valence-corrected chi connectivity index (χ3v) is 4.65. The highest BCUT2D eigenvalue weighted by molar-refractivity contribution is 7.91. The van der Waals surface area contributed by atoms with Crippen LogP contribution in [0.25, 0.3) is 0 Å². The summed E-state index contributed by atoms with van der Waals surface area (Å²) < 4.78 is 34.1. The van der Waals surface area contributed by atoms with Gasteiger partial charge >= 0.3 is 5.97 Å². The van der Waals surface area contributed by atoms with E-state index >= 15 is 0 Å². The van der Waals surface area contributed by atoms with Crippen molar-refractivity contribution in [3.05, 3.63) is 28.8 Å². The molecule has 1 aromatic carbocycles. The zero-order chi connectivity index (χ0) is 15.9. The minimum Gasteiger partial charge on any atom is -0.478 e. The number of aromatic carboxylic acids is 1. The van der Waals surface area contributed by atoms with Crippen LogP contribution in [0.5, 0.6) is 0 Å². The number of carboxylic acid groups (broad SMARTS) is 1. The van der Waals surface area contributed by atoms with E-state index in [2.05, 4.69) is 0 Å². The van der Waals surface area contributed by atoms with E-state index in [4.69, 9.17) is 26.2 Å². The van der Waals surface area contributed by atoms with Gasteiger partial charge in [-0.25, -0.2) is 13.2 Å². The van der Waals surface area contributed by atoms with Gasteiger partial charge in [0.2, 0.25) is 0 Å². The summed E-state index contributed by atoms with van der Waals surface area (Å²) in [6.07, 6.45) is 0.690. The topological polar surface area (TPSA) is 89.9 Å². The van der Waals surface area contributed by atoms with Crippen molar-refractivity contribution in [1.29, 1.82) is 0 Å². The fourth-order valence-corrected chi connectivity index (χ4v) is 3.03. The first kappa shape index (κ1) is 17.9. The molecule has 0 aliphatic carbocycles. The molecule has 21 heavy (non-hydrogen) atoms. The molecule has 6 nitrogen and oxygen atoms in total. The number of methoxy groups -OCH3 is 1. The van der Waals surface area contributed by atoms with Crippen molar-refractivity contribution in [1.82, 2.24) is 0 Å². The Labute approximate surface area is 128 Å². The van der Waals surface area contributed by atoms with Crippen molar-refractivity contribution in [2.75, 3.05) is 32.7 Å². The average molecular weight is 337 g/mol. The Kier molecular flexibility index (Phi) is 7.10. The Morgan fingerprint density at radius 2 is 2.00 bits per heavy atom. The molecule has 1 rings (SSSR count). The van der Waals surface area contributed by atoms with E-state index in [1.807, 2.05) is 0 Å². The normalized spacial score (nSPS) is 11.5. The lowest BCUT2D eigenvalue weighted by molar-refractivity contribution is 0.0697. The van der Waals surface area contributed by atoms with Gasteiger partial charge in [-0.05, 0) is 24.6 Å². The third-order valence-electron chi connectivity index (χ3n) is 2.66. The minimum absolute atomic E-state index is 0.0157. The van der Waals surface area contributed by atoms with Gasteiger partial charge < -0.3 is 14.6 Å². The molecule has 0 fully saturated rings. The van der Waals surface area contributed by atoms with Gasteiger partial charge in [0.15, 0.2) is 9.84 Å². The standard InChI is InChI=1S/C13H17ClO6S/c1-19-5-2-6-20-7-8-21(17,18)10-3-4-11(13(15)16)12(14)9-10/h3-4,9H,2,5-8H2,1H3,(H,15,16). The molecule has 1 N–H and O–H groups in total. The van der Waals surface area contributed by atoms with Crippen LogP contribution in [0.15, 0.2) is 23.1 Å². The van der Waals surface area contributed by atoms with Gasteiger partial charge in [0.25, 0.3) is 0 Å². The Balaban J connectivity index is 2.62. The molecule has 0 saturated heterocycles. The van der Waals surface area contributed by atoms with Crippen LogP contribution in [0.1, 0.15) is 16.8 Å². The molecular formula is C13H17ClO6S. The number of sulfone groups is 1. The van der Waals surface area contributed by atoms with Crippen LogP contribution < -0.4 is 0 Å². The van der Waals surface area contributed by atoms with E-state index in [0.717, 1.165) is 6.07 Å². The van der Waals surface area contributed by atoms with E-state index < -0.39 is 15.8 Å². The molecule has 0 amide bonds. The van der Waals surface area contributed by atoms with E-state index in [1.54, 1.807) is 7.11 Å². The summed E-state index contributed by atoms with van der Waals surface area (Å²) in [6, 6.07) is 3.55. The van der Waals surface area contributed by atoms with Gasteiger partial charge in [0.1, 0.15) is 0 Å². The molecule has 0 aliphatic heterocycles. The predicted octanol–water partition coefficient (Wildman–Crippen LogP) is 1.87. The van der Waals surface area contributed by atoms with E-state index in [-0.39, 0.29) is 27.8 Å². The smallest absolute Gasteiger partial charge is 0.337 e. The molecule has 8 heteroatoms. The predicted molar refractivity (Wildman–Crippen MR) is 77.8 cm³/mol. The second kappa shape index (κ2) is 8.33. The molecule has 0 heterocycles. The summed E-state index contributed by atoms with van der Waals surface area (Å²) in [7, 11) is -1.97. The number of carboxylic acids is 1. The van der Waals surface area contributed by atoms with Crippen LogP contribution in [-0.4, -0.2) is 52.2 Å². The molecular weight excluding hydrogens is 320 g/mol. The SMILES string of the molecule is COCCCOCCS(=O)(=O)c1ccc(C(=O)O)c(Cl)c1. The summed E-state index contributed by atoms with van der Waals surface area (Å²) in [6.45, 7) is 1.03. The summed E-state index contributed by atoms with van der Waals surface area (Å²) >= 11 is 5.76. The van der Waals surface area contributed by atoms with Gasteiger partial charge in [-0.2, -0.15) is 0 Å². The van der Waals surface area contributed by atoms with Gasteiger partial charge in [0.05, 0.1) is 27.8 Å². The Morgan fingerprint density at radius 1 is 1.29 bits per heavy atom. The maximum atomic E-state index is 12.0. The maximum absolute atomic E-state index is 12.0. The second-order valence-corrected chi connectivity index (χ2v) is 6.74. The van der Waals surface area contributed by atoms with Crippen molar-refractivity contribution in [2.45, 2.75) is 11.3 Å². The monoisotopic (exact) mass is 336 g/mol. The number of carbonyl (C=O) groups is 1. The fraction of sp³-hybridized carbons (Fsp3) is 0.462. The minimum atomic E-state index is -3.55. The molecule has 0 aliphatic rings. The molecule has 0 aromatic heterocycles. The molecule has 1 aromatic rings. The molecule has 0 radical (unpaired) electrons. The molecule has 0 bridgehead atoms. The fourth-order valence-electron chi connectivity index (χ4n) is 1.56. The second-order valence-electron chi connectivity index (χ2n) is 4.22. The number of ether oxygens (including phenoxy) is 2. The van der Waals surface area contributed by atoms with E-state index in [0.29, 0.717) is 19.6 Å². The third kappa shape index (κ3) is 5.62. The highest BCUT2D eigenvalue weighted by Gasteiger charge is 2.17. The lowest BCUT2D eigenvalue weighted by Crippen LogP contribution is -2.14. The lowest BCUT2D eigenvalue weighted by atomic mass is 10.2. The van der Waals surface area contributed by atoms with E-state index in [1.165, 1.54) is 12.1 Å². The van der Waals surface area contributed by atoms with Gasteiger partial charge in [-0.3, -0.25) is 0 Å². The highest BCUT2D eigenvalue weighted by atomic mass is 35.5. The Morgan fingerprint density at radius 3 is 2.57 bits per heavy atom. The van der Waals surface area contributed by atoms with Crippen LogP contribution in [0.4, 0.5) is 0 Å². The lowest BCUT2D eigenvalue weighted by Gasteiger charge is -2.07. The van der Waals surface area contributed by atoms with Crippen LogP contribution in [0, 0.1) is 0 Å². The molecule has 0 atom stereocenters. The van der Waals surface area contributed by atoms with E-state index in [9.17, 15) is 13.2 Å². The first-order chi connectivity index (χ1) is 9.88. The number of halogens is 1. The van der Waals surface area contributed by atoms with Crippen molar-refractivity contribution in [3.8, 4) is 0 Å². The van der Waals surface area contributed by atoms with Crippen molar-refractivity contribution >= 4 is 27.4 Å². The summed E-state index contributed by atoms with van der Waals surface area (Å²) in [4.78, 5) is 10.8. The van der Waals surface area contributed by atoms with Crippen molar-refractivity contribution in [3.63, 3.8) is 0 Å². The average Bonchev–Trinajstić information content (AvgIpc) is 2.42. The number of hydrogen-bond acceptors (Lipinski definition) is 5. The summed E-state index contributed by atoms with van der Waals surface area (Å²) in [5.74, 6) is -1.40. The summed E-state index contributed by atoms with van der Waals surface area (Å²) in [5, 5.41) is 8.73. The molecule has 118 valence electrons. The zero-order valence-corrected chi connectivity index (χ0v) is 13.1. The Hall–Kier alpha value is -1.15. The van der Waals surface area contributed by atoms with Crippen molar-refractivity contribution in [2.24, 2.45) is 0 Å². The van der Waals surface area contributed by atoms with Crippen LogP contribution in [0.3, 0.4) is 0 Å². The van der Waals surface area contributed by atoms with Gasteiger partial charge in [0, 0.05) is 20.3 Å². The largest absolute Gasteiger partial charge is 0.478 e. The molecule has 0 saturated carbocycles. The Bertz CT molecular complexity index is 584. The number of benzene rings is 1. The number of hydrogen-bond donors (Lipinski definition) is 1. The quantitative estimate of drug-likeness (QED) is 0.692. The number of rotatable bonds is 9. The van der Waals surface area contributed by atoms with Crippen molar-refractivity contribution < 1.29 is 27.8 Å². The van der Waals surface area contributed by atoms with Crippen LogP contribution >= 0.6 is 11.6 Å². The van der Waals surface area contributed by atoms with Crippen LogP contribution in [0.2, 0.25) is 5.02 Å².